The first-order valence-electron chi connectivity index (χ1n) is 7.89. The molecule has 27 heavy (non-hydrogen) atoms. The van der Waals surface area contributed by atoms with Gasteiger partial charge in [0, 0.05) is 5.02 Å². The van der Waals surface area contributed by atoms with E-state index in [1.54, 1.807) is 20.3 Å². The molecular formula is C19H16ClIN2O3S. The molecule has 3 rings (SSSR count). The van der Waals surface area contributed by atoms with Crippen molar-refractivity contribution >= 4 is 68.8 Å². The number of aliphatic imine (C=N–C) groups is 1. The molecule has 0 atom stereocenters. The zero-order valence-electron chi connectivity index (χ0n) is 14.8. The van der Waals surface area contributed by atoms with Gasteiger partial charge in [0.1, 0.15) is 0 Å². The van der Waals surface area contributed by atoms with Crippen molar-refractivity contribution in [3.63, 3.8) is 0 Å². The molecule has 2 aromatic rings. The lowest BCUT2D eigenvalue weighted by molar-refractivity contribution is -0.115. The van der Waals surface area contributed by atoms with Crippen molar-refractivity contribution in [2.24, 2.45) is 4.99 Å². The molecule has 0 unspecified atom stereocenters. The highest BCUT2D eigenvalue weighted by Gasteiger charge is 2.24. The van der Waals surface area contributed by atoms with Gasteiger partial charge in [0.15, 0.2) is 16.7 Å². The zero-order chi connectivity index (χ0) is 19.6. The molecule has 1 N–H and O–H groups in total. The zero-order valence-corrected chi connectivity index (χ0v) is 18.5. The molecule has 0 aromatic heterocycles. The Bertz CT molecular complexity index is 976. The first-order chi connectivity index (χ1) is 12.9. The summed E-state index contributed by atoms with van der Waals surface area (Å²) in [4.78, 5) is 17.4. The van der Waals surface area contributed by atoms with Gasteiger partial charge < -0.3 is 14.8 Å². The number of halogens is 2. The number of hydrogen-bond acceptors (Lipinski definition) is 5. The van der Waals surface area contributed by atoms with Gasteiger partial charge in [0.05, 0.1) is 28.4 Å². The summed E-state index contributed by atoms with van der Waals surface area (Å²) in [6.07, 6.45) is 1.80. The predicted molar refractivity (Wildman–Crippen MR) is 119 cm³/mol. The minimum Gasteiger partial charge on any atom is -0.493 e. The Morgan fingerprint density at radius 1 is 1.26 bits per heavy atom. The third-order valence-electron chi connectivity index (χ3n) is 3.87. The lowest BCUT2D eigenvalue weighted by Crippen LogP contribution is -2.19. The van der Waals surface area contributed by atoms with Gasteiger partial charge in [-0.25, -0.2) is 4.99 Å². The van der Waals surface area contributed by atoms with Crippen LogP contribution in [0.4, 0.5) is 5.69 Å². The number of amides is 1. The number of carbonyl (C=O) groups is 1. The minimum absolute atomic E-state index is 0.191. The highest BCUT2D eigenvalue weighted by Crippen LogP contribution is 2.36. The summed E-state index contributed by atoms with van der Waals surface area (Å²) < 4.78 is 11.6. The second-order valence-corrected chi connectivity index (χ2v) is 8.20. The fourth-order valence-corrected chi connectivity index (χ4v) is 4.33. The van der Waals surface area contributed by atoms with Crippen LogP contribution in [-0.2, 0) is 4.79 Å². The maximum Gasteiger partial charge on any atom is 0.264 e. The fraction of sp³-hybridized carbons (Fsp3) is 0.158. The van der Waals surface area contributed by atoms with Crippen molar-refractivity contribution in [2.45, 2.75) is 6.92 Å². The maximum atomic E-state index is 12.3. The molecule has 140 valence electrons. The number of benzene rings is 2. The Balaban J connectivity index is 1.91. The summed E-state index contributed by atoms with van der Waals surface area (Å²) in [5, 5.41) is 3.95. The fourth-order valence-electron chi connectivity index (χ4n) is 2.48. The number of nitrogens with zero attached hydrogens (tertiary/aromatic N) is 1. The van der Waals surface area contributed by atoms with Crippen LogP contribution < -0.4 is 14.8 Å². The summed E-state index contributed by atoms with van der Waals surface area (Å²) in [5.74, 6) is 1.09. The Labute approximate surface area is 180 Å². The number of thioether (sulfide) groups is 1. The molecule has 5 nitrogen and oxygen atoms in total. The molecule has 0 bridgehead atoms. The van der Waals surface area contributed by atoms with Crippen LogP contribution in [0.25, 0.3) is 6.08 Å². The number of rotatable bonds is 4. The topological polar surface area (TPSA) is 59.9 Å². The standard InChI is InChI=1S/C19H16ClIN2O3S/c1-10-12(20)5-4-6-14(10)22-19-23-18(24)16(27-19)9-11-7-13(21)17(26-3)15(8-11)25-2/h4-9H,1-3H3,(H,22,23,24)/b16-9+. The smallest absolute Gasteiger partial charge is 0.264 e. The van der Waals surface area contributed by atoms with E-state index in [4.69, 9.17) is 21.1 Å². The predicted octanol–water partition coefficient (Wildman–Crippen LogP) is 5.16. The van der Waals surface area contributed by atoms with E-state index in [9.17, 15) is 4.79 Å². The van der Waals surface area contributed by atoms with Crippen molar-refractivity contribution in [1.82, 2.24) is 5.32 Å². The first kappa shape index (κ1) is 20.0. The third-order valence-corrected chi connectivity index (χ3v) is 5.99. The minimum atomic E-state index is -0.191. The van der Waals surface area contributed by atoms with Gasteiger partial charge in [-0.15, -0.1) is 0 Å². The van der Waals surface area contributed by atoms with Gasteiger partial charge in [-0.2, -0.15) is 0 Å². The molecule has 8 heteroatoms. The summed E-state index contributed by atoms with van der Waals surface area (Å²) in [6.45, 7) is 1.89. The van der Waals surface area contributed by atoms with Crippen LogP contribution in [0, 0.1) is 10.5 Å². The van der Waals surface area contributed by atoms with Crippen LogP contribution in [0.3, 0.4) is 0 Å². The van der Waals surface area contributed by atoms with Crippen molar-refractivity contribution in [3.8, 4) is 11.5 Å². The normalized spacial score (nSPS) is 16.7. The number of ether oxygens (including phenoxy) is 2. The van der Waals surface area contributed by atoms with E-state index in [1.165, 1.54) is 11.8 Å². The first-order valence-corrected chi connectivity index (χ1v) is 10.2. The van der Waals surface area contributed by atoms with E-state index in [0.29, 0.717) is 26.6 Å². The maximum absolute atomic E-state index is 12.3. The van der Waals surface area contributed by atoms with Gasteiger partial charge in [-0.3, -0.25) is 4.79 Å². The van der Waals surface area contributed by atoms with Crippen molar-refractivity contribution in [1.29, 1.82) is 0 Å². The van der Waals surface area contributed by atoms with Gasteiger partial charge in [-0.05, 0) is 82.7 Å². The van der Waals surface area contributed by atoms with Crippen LogP contribution in [0.5, 0.6) is 11.5 Å². The van der Waals surface area contributed by atoms with Crippen molar-refractivity contribution in [2.75, 3.05) is 14.2 Å². The van der Waals surface area contributed by atoms with Crippen molar-refractivity contribution in [3.05, 3.63) is 55.0 Å². The molecule has 1 heterocycles. The summed E-state index contributed by atoms with van der Waals surface area (Å²) >= 11 is 9.59. The second kappa shape index (κ2) is 8.53. The van der Waals surface area contributed by atoms with Crippen LogP contribution >= 0.6 is 46.0 Å². The third kappa shape index (κ3) is 4.41. The molecule has 1 fully saturated rings. The van der Waals surface area contributed by atoms with Crippen LogP contribution in [-0.4, -0.2) is 25.3 Å². The SMILES string of the molecule is COc1cc(/C=C2/SC(=Nc3cccc(Cl)c3C)NC2=O)cc(I)c1OC. The monoisotopic (exact) mass is 514 g/mol. The van der Waals surface area contributed by atoms with E-state index in [2.05, 4.69) is 32.9 Å². The molecule has 0 spiro atoms. The van der Waals surface area contributed by atoms with E-state index in [1.807, 2.05) is 37.3 Å². The number of amidine groups is 1. The van der Waals surface area contributed by atoms with Crippen molar-refractivity contribution < 1.29 is 14.3 Å². The molecule has 1 saturated heterocycles. The number of nitrogens with one attached hydrogen (secondary N) is 1. The molecule has 0 saturated carbocycles. The van der Waals surface area contributed by atoms with E-state index >= 15 is 0 Å². The van der Waals surface area contributed by atoms with E-state index in [-0.39, 0.29) is 5.91 Å². The summed E-state index contributed by atoms with van der Waals surface area (Å²) in [6, 6.07) is 9.26. The number of hydrogen-bond donors (Lipinski definition) is 1. The largest absolute Gasteiger partial charge is 0.493 e. The Hall–Kier alpha value is -1.71. The number of carbonyl (C=O) groups excluding carboxylic acids is 1. The molecule has 0 radical (unpaired) electrons. The Morgan fingerprint density at radius 3 is 2.74 bits per heavy atom. The Morgan fingerprint density at radius 2 is 2.04 bits per heavy atom. The quantitative estimate of drug-likeness (QED) is 0.452. The van der Waals surface area contributed by atoms with Gasteiger partial charge in [-0.1, -0.05) is 17.7 Å². The molecule has 1 aliphatic heterocycles. The lowest BCUT2D eigenvalue weighted by atomic mass is 10.2. The molecule has 1 amide bonds. The molecular weight excluding hydrogens is 499 g/mol. The molecule has 1 aliphatic rings. The summed E-state index contributed by atoms with van der Waals surface area (Å²) in [7, 11) is 3.18. The highest BCUT2D eigenvalue weighted by atomic mass is 127. The van der Waals surface area contributed by atoms with E-state index in [0.717, 1.165) is 20.4 Å². The number of methoxy groups -OCH3 is 2. The molecule has 0 aliphatic carbocycles. The molecule has 2 aromatic carbocycles. The van der Waals surface area contributed by atoms with Gasteiger partial charge in [0.2, 0.25) is 0 Å². The Kier molecular flexibility index (Phi) is 6.33. The average molecular weight is 515 g/mol. The van der Waals surface area contributed by atoms with Crippen LogP contribution in [0.1, 0.15) is 11.1 Å². The van der Waals surface area contributed by atoms with Crippen LogP contribution in [0.15, 0.2) is 40.2 Å². The van der Waals surface area contributed by atoms with E-state index < -0.39 is 0 Å². The van der Waals surface area contributed by atoms with Gasteiger partial charge in [0.25, 0.3) is 5.91 Å². The second-order valence-electron chi connectivity index (χ2n) is 5.60. The lowest BCUT2D eigenvalue weighted by Gasteiger charge is -2.10. The van der Waals surface area contributed by atoms with Crippen LogP contribution in [0.2, 0.25) is 5.02 Å². The van der Waals surface area contributed by atoms with Gasteiger partial charge >= 0.3 is 0 Å². The average Bonchev–Trinajstić information content (AvgIpc) is 2.97. The summed E-state index contributed by atoms with van der Waals surface area (Å²) in [5.41, 5.74) is 2.44. The highest BCUT2D eigenvalue weighted by molar-refractivity contribution is 14.1.